The van der Waals surface area contributed by atoms with E-state index in [0.29, 0.717) is 0 Å². The van der Waals surface area contributed by atoms with Crippen LogP contribution < -0.4 is 9.80 Å². The van der Waals surface area contributed by atoms with E-state index in [1.165, 1.54) is 21.8 Å². The second-order valence-electron chi connectivity index (χ2n) is 4.51. The Hall–Kier alpha value is -1.06. The van der Waals surface area contributed by atoms with Crippen LogP contribution in [0, 0.1) is 7.05 Å². The highest BCUT2D eigenvalue weighted by molar-refractivity contribution is 5.63. The van der Waals surface area contributed by atoms with Crippen molar-refractivity contribution >= 4 is 11.4 Å². The summed E-state index contributed by atoms with van der Waals surface area (Å²) in [4.78, 5) is 3.74. The van der Waals surface area contributed by atoms with Crippen LogP contribution in [-0.4, -0.2) is 32.8 Å². The molecule has 3 rings (SSSR count). The van der Waals surface area contributed by atoms with Gasteiger partial charge >= 0.3 is 0 Å². The summed E-state index contributed by atoms with van der Waals surface area (Å²) in [6, 6.07) is 6.59. The lowest BCUT2D eigenvalue weighted by molar-refractivity contribution is -0.775. The van der Waals surface area contributed by atoms with Crippen molar-refractivity contribution in [2.75, 3.05) is 37.7 Å². The molecule has 1 N–H and O–H groups in total. The van der Waals surface area contributed by atoms with Crippen molar-refractivity contribution < 1.29 is 9.64 Å². The Labute approximate surface area is 96.6 Å². The third kappa shape index (κ3) is 1.60. The van der Waals surface area contributed by atoms with Gasteiger partial charge in [0.15, 0.2) is 0 Å². The Kier molecular flexibility index (Phi) is 2.58. The van der Waals surface area contributed by atoms with Crippen LogP contribution in [0.4, 0.5) is 11.4 Å². The Balaban J connectivity index is 1.95. The van der Waals surface area contributed by atoms with Gasteiger partial charge in [-0.2, -0.15) is 0 Å². The fraction of sp³-hybridized carbons (Fsp3) is 0.462. The number of fused-ring (bicyclic) bond motifs is 1. The quantitative estimate of drug-likeness (QED) is 0.687. The fourth-order valence-corrected chi connectivity index (χ4v) is 2.68. The fourth-order valence-electron chi connectivity index (χ4n) is 2.68. The lowest BCUT2D eigenvalue weighted by Gasteiger charge is -2.30. The van der Waals surface area contributed by atoms with E-state index in [-0.39, 0.29) is 0 Å². The predicted molar refractivity (Wildman–Crippen MR) is 64.0 cm³/mol. The van der Waals surface area contributed by atoms with Gasteiger partial charge in [0.25, 0.3) is 0 Å². The zero-order chi connectivity index (χ0) is 11.0. The molecule has 16 heavy (non-hydrogen) atoms. The van der Waals surface area contributed by atoms with Gasteiger partial charge in [-0.1, -0.05) is 6.07 Å². The molecule has 2 aliphatic heterocycles. The molecule has 0 radical (unpaired) electrons. The molecule has 3 nitrogen and oxygen atoms in total. The minimum atomic E-state index is 0.852. The zero-order valence-corrected chi connectivity index (χ0v) is 9.54. The highest BCUT2D eigenvalue weighted by Crippen LogP contribution is 2.28. The van der Waals surface area contributed by atoms with E-state index in [2.05, 4.69) is 30.1 Å². The Bertz CT molecular complexity index is 386. The SMILES string of the molecule is [CH2-][NH+]1CCc2c(N3CCOCC3)cccc21. The number of benzene rings is 1. The molecular weight excluding hydrogens is 200 g/mol. The summed E-state index contributed by atoms with van der Waals surface area (Å²) < 4.78 is 5.40. The van der Waals surface area contributed by atoms with Crippen LogP contribution in [0.3, 0.4) is 0 Å². The average Bonchev–Trinajstić information content (AvgIpc) is 2.73. The van der Waals surface area contributed by atoms with E-state index in [4.69, 9.17) is 4.74 Å². The second kappa shape index (κ2) is 4.07. The molecule has 1 aromatic carbocycles. The molecule has 2 heterocycles. The van der Waals surface area contributed by atoms with Gasteiger partial charge in [0.05, 0.1) is 19.8 Å². The van der Waals surface area contributed by atoms with Gasteiger partial charge in [0, 0.05) is 30.8 Å². The van der Waals surface area contributed by atoms with E-state index >= 15 is 0 Å². The Morgan fingerprint density at radius 3 is 2.88 bits per heavy atom. The number of anilines is 1. The molecule has 0 amide bonds. The molecule has 1 fully saturated rings. The molecule has 0 spiro atoms. The van der Waals surface area contributed by atoms with Gasteiger partial charge in [-0.25, -0.2) is 0 Å². The Morgan fingerprint density at radius 1 is 1.25 bits per heavy atom. The van der Waals surface area contributed by atoms with Gasteiger partial charge in [-0.3, -0.25) is 0 Å². The number of morpholine rings is 1. The van der Waals surface area contributed by atoms with E-state index in [0.717, 1.165) is 39.3 Å². The molecule has 0 saturated carbocycles. The topological polar surface area (TPSA) is 16.9 Å². The maximum atomic E-state index is 5.40. The number of nitrogens with zero attached hydrogens (tertiary/aromatic N) is 1. The molecule has 1 atom stereocenters. The van der Waals surface area contributed by atoms with Gasteiger partial charge < -0.3 is 14.5 Å². The van der Waals surface area contributed by atoms with Crippen LogP contribution in [0.15, 0.2) is 18.2 Å². The van der Waals surface area contributed by atoms with Gasteiger partial charge in [-0.15, -0.1) is 7.05 Å². The molecule has 1 aromatic rings. The number of ether oxygens (including phenoxy) is 1. The van der Waals surface area contributed by atoms with Crippen molar-refractivity contribution in [1.82, 2.24) is 0 Å². The molecule has 0 aliphatic carbocycles. The summed E-state index contributed by atoms with van der Waals surface area (Å²) in [5, 5.41) is 0. The van der Waals surface area contributed by atoms with Crippen LogP contribution in [0.5, 0.6) is 0 Å². The number of hydrogen-bond acceptors (Lipinski definition) is 2. The third-order valence-electron chi connectivity index (χ3n) is 3.56. The smallest absolute Gasteiger partial charge is 0.110 e. The highest BCUT2D eigenvalue weighted by Gasteiger charge is 2.23. The summed E-state index contributed by atoms with van der Waals surface area (Å²) >= 11 is 0. The average molecular weight is 218 g/mol. The standard InChI is InChI=1S/C13H18N2O/c1-14-6-5-11-12(14)3-2-4-13(11)15-7-9-16-10-8-15/h2-4,14H,1,5-10H2. The first kappa shape index (κ1) is 10.1. The largest absolute Gasteiger partial charge is 0.434 e. The van der Waals surface area contributed by atoms with E-state index < -0.39 is 0 Å². The first-order valence-corrected chi connectivity index (χ1v) is 5.99. The van der Waals surface area contributed by atoms with Crippen LogP contribution in [-0.2, 0) is 11.2 Å². The van der Waals surface area contributed by atoms with Gasteiger partial charge in [0.2, 0.25) is 0 Å². The summed E-state index contributed by atoms with van der Waals surface area (Å²) in [6.07, 6.45) is 1.15. The number of hydrogen-bond donors (Lipinski definition) is 1. The summed E-state index contributed by atoms with van der Waals surface area (Å²) in [7, 11) is 4.14. The Morgan fingerprint density at radius 2 is 2.06 bits per heavy atom. The third-order valence-corrected chi connectivity index (χ3v) is 3.56. The molecular formula is C13H18N2O. The predicted octanol–water partition coefficient (Wildman–Crippen LogP) is 0.387. The van der Waals surface area contributed by atoms with Crippen molar-refractivity contribution in [3.05, 3.63) is 30.8 Å². The first-order chi connectivity index (χ1) is 7.86. The van der Waals surface area contributed by atoms with E-state index in [1.807, 2.05) is 0 Å². The minimum absolute atomic E-state index is 0.852. The molecule has 3 heteroatoms. The van der Waals surface area contributed by atoms with Gasteiger partial charge in [0.1, 0.15) is 5.69 Å². The van der Waals surface area contributed by atoms with E-state index in [1.54, 1.807) is 0 Å². The summed E-state index contributed by atoms with van der Waals surface area (Å²) in [6.45, 7) is 4.86. The number of rotatable bonds is 1. The van der Waals surface area contributed by atoms with Crippen molar-refractivity contribution in [2.45, 2.75) is 6.42 Å². The molecule has 0 aromatic heterocycles. The second-order valence-corrected chi connectivity index (χ2v) is 4.51. The summed E-state index contributed by atoms with van der Waals surface area (Å²) in [5.74, 6) is 0. The van der Waals surface area contributed by atoms with Crippen molar-refractivity contribution in [3.63, 3.8) is 0 Å². The molecule has 1 unspecified atom stereocenters. The molecule has 1 saturated heterocycles. The lowest BCUT2D eigenvalue weighted by Crippen LogP contribution is -3.00. The highest BCUT2D eigenvalue weighted by atomic mass is 16.5. The molecule has 86 valence electrons. The number of nitrogens with one attached hydrogen (secondary N) is 1. The lowest BCUT2D eigenvalue weighted by atomic mass is 10.1. The number of quaternary nitrogens is 1. The van der Waals surface area contributed by atoms with Crippen molar-refractivity contribution in [2.24, 2.45) is 0 Å². The minimum Gasteiger partial charge on any atom is -0.434 e. The van der Waals surface area contributed by atoms with Crippen LogP contribution in [0.25, 0.3) is 0 Å². The van der Waals surface area contributed by atoms with Crippen LogP contribution in [0.2, 0.25) is 0 Å². The molecule has 0 bridgehead atoms. The van der Waals surface area contributed by atoms with Crippen molar-refractivity contribution in [3.8, 4) is 0 Å². The normalized spacial score (nSPS) is 24.6. The molecule has 2 aliphatic rings. The maximum Gasteiger partial charge on any atom is 0.110 e. The zero-order valence-electron chi connectivity index (χ0n) is 9.54. The van der Waals surface area contributed by atoms with Crippen LogP contribution in [0.1, 0.15) is 5.56 Å². The van der Waals surface area contributed by atoms with Crippen LogP contribution >= 0.6 is 0 Å². The summed E-state index contributed by atoms with van der Waals surface area (Å²) in [5.41, 5.74) is 4.28. The first-order valence-electron chi connectivity index (χ1n) is 5.99. The van der Waals surface area contributed by atoms with Crippen molar-refractivity contribution in [1.29, 1.82) is 0 Å². The maximum absolute atomic E-state index is 5.40. The van der Waals surface area contributed by atoms with Gasteiger partial charge in [-0.05, 0) is 12.1 Å². The van der Waals surface area contributed by atoms with E-state index in [9.17, 15) is 0 Å². The monoisotopic (exact) mass is 218 g/mol.